The molecule has 0 aromatic heterocycles. The Morgan fingerprint density at radius 3 is 1.97 bits per heavy atom. The van der Waals surface area contributed by atoms with Crippen molar-refractivity contribution in [1.82, 2.24) is 0 Å². The maximum Gasteiger partial charge on any atom is 0.359 e. The number of ether oxygens (including phenoxy) is 1. The molecular formula is C19H44O7Si5. The van der Waals surface area contributed by atoms with Crippen LogP contribution in [0, 0.1) is 0 Å². The van der Waals surface area contributed by atoms with Gasteiger partial charge in [-0.15, -0.1) is 0 Å². The van der Waals surface area contributed by atoms with Crippen LogP contribution < -0.4 is 0 Å². The molecule has 31 heavy (non-hydrogen) atoms. The molecular weight excluding hydrogens is 481 g/mol. The summed E-state index contributed by atoms with van der Waals surface area (Å²) in [6.45, 7) is 22.7. The largest absolute Gasteiger partial charge is 0.434 e. The van der Waals surface area contributed by atoms with Crippen molar-refractivity contribution in [3.8, 4) is 0 Å². The highest BCUT2D eigenvalue weighted by Crippen LogP contribution is 2.41. The molecule has 0 spiro atoms. The molecule has 1 rings (SSSR count). The first-order chi connectivity index (χ1) is 13.8. The van der Waals surface area contributed by atoms with E-state index in [1.807, 2.05) is 5.70 Å². The molecule has 2 atom stereocenters. The highest BCUT2D eigenvalue weighted by molar-refractivity contribution is 6.85. The minimum atomic E-state index is -2.98. The monoisotopic (exact) mass is 524 g/mol. The van der Waals surface area contributed by atoms with Gasteiger partial charge in [0.05, 0.1) is 0 Å². The number of rotatable bonds is 10. The molecule has 2 unspecified atom stereocenters. The van der Waals surface area contributed by atoms with Crippen LogP contribution in [-0.2, 0) is 31.4 Å². The first-order valence-corrected chi connectivity index (χ1v) is 24.2. The average Bonchev–Trinajstić information content (AvgIpc) is 2.48. The Labute approximate surface area is 196 Å². The molecule has 7 nitrogen and oxygen atoms in total. The maximum atomic E-state index is 12.6. The van der Waals surface area contributed by atoms with Crippen LogP contribution in [0.5, 0.6) is 0 Å². The first kappa shape index (κ1) is 29.1. The molecule has 0 radical (unpaired) electrons. The zero-order valence-corrected chi connectivity index (χ0v) is 27.6. The maximum absolute atomic E-state index is 12.6. The lowest BCUT2D eigenvalue weighted by Crippen LogP contribution is -2.63. The Bertz CT molecular complexity index is 636. The summed E-state index contributed by atoms with van der Waals surface area (Å²) in [5.74, 6) is -1.53. The van der Waals surface area contributed by atoms with Crippen molar-refractivity contribution < 1.29 is 31.4 Å². The van der Waals surface area contributed by atoms with Crippen LogP contribution in [0.3, 0.4) is 0 Å². The fraction of sp³-hybridized carbons (Fsp3) is 0.842. The number of esters is 1. The van der Waals surface area contributed by atoms with E-state index in [0.29, 0.717) is 22.5 Å². The smallest absolute Gasteiger partial charge is 0.359 e. The summed E-state index contributed by atoms with van der Waals surface area (Å²) in [6, 6.07) is 0.750. The Balaban J connectivity index is 3.42. The molecule has 1 fully saturated rings. The number of carbonyl (C=O) groups is 1. The van der Waals surface area contributed by atoms with Crippen LogP contribution in [0.25, 0.3) is 0 Å². The number of carbonyl (C=O) groups excluding carboxylic acids is 1. The van der Waals surface area contributed by atoms with E-state index in [0.717, 1.165) is 12.5 Å². The second-order valence-electron chi connectivity index (χ2n) is 11.1. The third kappa shape index (κ3) is 10.7. The Morgan fingerprint density at radius 2 is 1.55 bits per heavy atom. The standard InChI is InChI=1S/C19H44O7Si5/c1-16(18(20)21-17(2)22-27)15-31(26-30(9,10)11)14-12-13-19(25-31,23-28(3,4)5)24-29(6,7)8/h15,17H,12-14H2,1-11,27H3. The van der Waals surface area contributed by atoms with Crippen molar-refractivity contribution in [2.45, 2.75) is 104 Å². The minimum absolute atomic E-state index is 0.411. The van der Waals surface area contributed by atoms with Gasteiger partial charge in [-0.2, -0.15) is 0 Å². The molecule has 0 aliphatic carbocycles. The molecule has 1 heterocycles. The topological polar surface area (TPSA) is 72.5 Å². The third-order valence-corrected chi connectivity index (χ3v) is 13.0. The van der Waals surface area contributed by atoms with Gasteiger partial charge < -0.3 is 26.6 Å². The normalized spacial score (nSPS) is 24.2. The van der Waals surface area contributed by atoms with Gasteiger partial charge in [0.25, 0.3) is 5.97 Å². The zero-order valence-electron chi connectivity index (χ0n) is 21.6. The van der Waals surface area contributed by atoms with Gasteiger partial charge in [-0.05, 0) is 90.9 Å². The molecule has 12 heteroatoms. The SMILES string of the molecule is CC(=C[Si]1(O[Si](C)(C)C)CCCC(O[Si](C)(C)C)(O[Si](C)(C)C)O1)C(=O)OC(C)O[SiH3]. The van der Waals surface area contributed by atoms with Crippen LogP contribution in [-0.4, -0.2) is 62.2 Å². The van der Waals surface area contributed by atoms with Crippen LogP contribution in [0.4, 0.5) is 0 Å². The van der Waals surface area contributed by atoms with Crippen molar-refractivity contribution >= 4 is 50.0 Å². The lowest BCUT2D eigenvalue weighted by Gasteiger charge is -2.50. The van der Waals surface area contributed by atoms with Gasteiger partial charge >= 0.3 is 14.5 Å². The predicted octanol–water partition coefficient (Wildman–Crippen LogP) is 4.12. The van der Waals surface area contributed by atoms with Crippen LogP contribution in [0.1, 0.15) is 26.7 Å². The van der Waals surface area contributed by atoms with Crippen molar-refractivity contribution in [2.75, 3.05) is 0 Å². The van der Waals surface area contributed by atoms with E-state index >= 15 is 0 Å². The van der Waals surface area contributed by atoms with Gasteiger partial charge in [0.1, 0.15) is 0 Å². The zero-order chi connectivity index (χ0) is 24.3. The first-order valence-electron chi connectivity index (χ1n) is 11.0. The molecule has 0 aromatic rings. The Hall–Kier alpha value is 0.0944. The van der Waals surface area contributed by atoms with Crippen molar-refractivity contribution in [3.05, 3.63) is 11.3 Å². The van der Waals surface area contributed by atoms with Crippen LogP contribution in [0.15, 0.2) is 11.3 Å². The van der Waals surface area contributed by atoms with E-state index in [4.69, 9.17) is 26.6 Å². The Kier molecular flexibility index (Phi) is 9.93. The molecule has 0 aromatic carbocycles. The summed E-state index contributed by atoms with van der Waals surface area (Å²) in [5, 5.41) is 0. The van der Waals surface area contributed by atoms with Crippen LogP contribution in [0.2, 0.25) is 65.0 Å². The third-order valence-electron chi connectivity index (χ3n) is 4.10. The van der Waals surface area contributed by atoms with E-state index in [-0.39, 0.29) is 0 Å². The highest BCUT2D eigenvalue weighted by atomic mass is 28.4. The molecule has 0 N–H and O–H groups in total. The lowest BCUT2D eigenvalue weighted by molar-refractivity contribution is -0.284. The van der Waals surface area contributed by atoms with E-state index in [9.17, 15) is 4.79 Å². The van der Waals surface area contributed by atoms with Crippen molar-refractivity contribution in [3.63, 3.8) is 0 Å². The molecule has 1 aliphatic heterocycles. The molecule has 182 valence electrons. The molecule has 0 bridgehead atoms. The fourth-order valence-electron chi connectivity index (χ4n) is 3.42. The van der Waals surface area contributed by atoms with E-state index in [2.05, 4.69) is 58.9 Å². The van der Waals surface area contributed by atoms with E-state index in [1.165, 1.54) is 0 Å². The summed E-state index contributed by atoms with van der Waals surface area (Å²) in [4.78, 5) is 12.6. The van der Waals surface area contributed by atoms with Crippen molar-refractivity contribution in [2.24, 2.45) is 0 Å². The number of hydrogen-bond donors (Lipinski definition) is 0. The molecule has 1 saturated heterocycles. The van der Waals surface area contributed by atoms with Gasteiger partial charge in [-0.1, -0.05) is 0 Å². The Morgan fingerprint density at radius 1 is 1.03 bits per heavy atom. The predicted molar refractivity (Wildman–Crippen MR) is 137 cm³/mol. The minimum Gasteiger partial charge on any atom is -0.434 e. The molecule has 0 saturated carbocycles. The summed E-state index contributed by atoms with van der Waals surface area (Å²) in [7, 11) is -8.49. The highest BCUT2D eigenvalue weighted by Gasteiger charge is 2.54. The quantitative estimate of drug-likeness (QED) is 0.184. The van der Waals surface area contributed by atoms with E-state index < -0.39 is 51.7 Å². The summed E-state index contributed by atoms with van der Waals surface area (Å²) < 4.78 is 37.3. The molecule has 0 amide bonds. The van der Waals surface area contributed by atoms with Gasteiger partial charge in [0.2, 0.25) is 0 Å². The summed E-state index contributed by atoms with van der Waals surface area (Å²) >= 11 is 0. The van der Waals surface area contributed by atoms with Crippen molar-refractivity contribution in [1.29, 1.82) is 0 Å². The van der Waals surface area contributed by atoms with Gasteiger partial charge in [0.15, 0.2) is 41.7 Å². The second-order valence-corrected chi connectivity index (χ2v) is 28.1. The molecule has 1 aliphatic rings. The second kappa shape index (κ2) is 10.6. The van der Waals surface area contributed by atoms with Gasteiger partial charge in [-0.3, -0.25) is 0 Å². The summed E-state index contributed by atoms with van der Waals surface area (Å²) in [6.07, 6.45) is 0.952. The van der Waals surface area contributed by atoms with E-state index in [1.54, 1.807) is 13.8 Å². The lowest BCUT2D eigenvalue weighted by atomic mass is 10.3. The van der Waals surface area contributed by atoms with Crippen LogP contribution >= 0.6 is 0 Å². The number of hydrogen-bond acceptors (Lipinski definition) is 7. The average molecular weight is 525 g/mol. The summed E-state index contributed by atoms with van der Waals surface area (Å²) in [5.41, 5.74) is 2.37. The van der Waals surface area contributed by atoms with Gasteiger partial charge in [-0.25, -0.2) is 4.79 Å². The fourth-order valence-corrected chi connectivity index (χ4v) is 13.4. The van der Waals surface area contributed by atoms with Gasteiger partial charge in [0, 0.05) is 12.0 Å².